The number of phenolic OH excluding ortho intramolecular Hbond substituents is 1. The van der Waals surface area contributed by atoms with Crippen LogP contribution in [0.3, 0.4) is 0 Å². The van der Waals surface area contributed by atoms with E-state index in [1.54, 1.807) is 6.07 Å². The van der Waals surface area contributed by atoms with Crippen LogP contribution < -0.4 is 0 Å². The van der Waals surface area contributed by atoms with Crippen LogP contribution in [-0.4, -0.2) is 41.6 Å². The predicted octanol–water partition coefficient (Wildman–Crippen LogP) is 2.40. The second-order valence-corrected chi connectivity index (χ2v) is 3.75. The Morgan fingerprint density at radius 2 is 1.95 bits per heavy atom. The van der Waals surface area contributed by atoms with Gasteiger partial charge in [-0.25, -0.2) is 4.79 Å². The number of alkyl halides is 1. The lowest BCUT2D eigenvalue weighted by Gasteiger charge is -1.92. The zero-order valence-corrected chi connectivity index (χ0v) is 12.0. The first-order chi connectivity index (χ1) is 9.51. The molecule has 6 heteroatoms. The molecular weight excluding hydrogens is 284 g/mol. The zero-order valence-electron chi connectivity index (χ0n) is 11.3. The number of aromatic hydroxyl groups is 1. The maximum absolute atomic E-state index is 9.25. The first kappa shape index (κ1) is 20.5. The Labute approximate surface area is 123 Å². The van der Waals surface area contributed by atoms with Gasteiger partial charge in [0.05, 0.1) is 18.6 Å². The molecule has 0 saturated carbocycles. The Hall–Kier alpha value is -1.85. The minimum absolute atomic E-state index is 0.368. The molecule has 20 heavy (non-hydrogen) atoms. The van der Waals surface area contributed by atoms with E-state index in [1.165, 1.54) is 0 Å². The van der Waals surface area contributed by atoms with Crippen molar-refractivity contribution in [1.29, 1.82) is 0 Å². The number of hydrogen-bond acceptors (Lipinski definition) is 4. The van der Waals surface area contributed by atoms with Crippen molar-refractivity contribution in [2.45, 2.75) is 13.0 Å². The number of carboxylic acids is 1. The van der Waals surface area contributed by atoms with Crippen LogP contribution >= 0.6 is 11.6 Å². The molecule has 0 aliphatic carbocycles. The summed E-state index contributed by atoms with van der Waals surface area (Å²) in [6, 6.07) is 7.25. The second kappa shape index (κ2) is 13.6. The van der Waals surface area contributed by atoms with Crippen molar-refractivity contribution in [3.05, 3.63) is 42.5 Å². The Balaban J connectivity index is 0. The molecule has 0 spiro atoms. The number of aryl methyl sites for hydroxylation is 1. The third kappa shape index (κ3) is 14.2. The van der Waals surface area contributed by atoms with Crippen LogP contribution in [0.1, 0.15) is 5.56 Å². The quantitative estimate of drug-likeness (QED) is 0.497. The zero-order chi connectivity index (χ0) is 16.0. The molecule has 1 aliphatic heterocycles. The monoisotopic (exact) mass is 302 g/mol. The number of para-hydroxylation sites is 1. The van der Waals surface area contributed by atoms with E-state index in [2.05, 4.69) is 6.58 Å². The summed E-state index contributed by atoms with van der Waals surface area (Å²) in [6.07, 6.45) is 1.23. The Morgan fingerprint density at radius 3 is 2.10 bits per heavy atom. The fourth-order valence-corrected chi connectivity index (χ4v) is 0.899. The standard InChI is InChI=1S/C7H8O.C3H5ClO.C3H4O2.CH2O/c1-6-4-2-3-5-7(6)8;4-1-3-2-5-3;1-2-3(4)5;1-2/h2-5,8H,1H3;3H,1-2H2;2H,1H2,(H,4,5);1H2. The number of carbonyl (C=O) groups is 2. The summed E-state index contributed by atoms with van der Waals surface area (Å²) in [7, 11) is 0. The van der Waals surface area contributed by atoms with Gasteiger partial charge in [-0.2, -0.15) is 0 Å². The molecule has 1 saturated heterocycles. The molecule has 1 atom stereocenters. The Kier molecular flexibility index (Phi) is 13.9. The average Bonchev–Trinajstić information content (AvgIpc) is 3.30. The number of phenols is 1. The van der Waals surface area contributed by atoms with Gasteiger partial charge in [0, 0.05) is 6.08 Å². The van der Waals surface area contributed by atoms with Gasteiger partial charge in [0.2, 0.25) is 0 Å². The Morgan fingerprint density at radius 1 is 1.50 bits per heavy atom. The smallest absolute Gasteiger partial charge is 0.327 e. The molecular formula is C14H19ClO5. The lowest BCUT2D eigenvalue weighted by atomic mass is 10.2. The number of carboxylic acid groups (broad SMARTS) is 1. The van der Waals surface area contributed by atoms with Gasteiger partial charge >= 0.3 is 5.97 Å². The van der Waals surface area contributed by atoms with E-state index in [4.69, 9.17) is 31.3 Å². The first-order valence-electron chi connectivity index (χ1n) is 5.57. The number of halogens is 1. The summed E-state index contributed by atoms with van der Waals surface area (Å²) in [4.78, 5) is 17.2. The van der Waals surface area contributed by atoms with E-state index >= 15 is 0 Å². The highest BCUT2D eigenvalue weighted by Crippen LogP contribution is 2.12. The fourth-order valence-electron chi connectivity index (χ4n) is 0.721. The maximum atomic E-state index is 9.25. The summed E-state index contributed by atoms with van der Waals surface area (Å²) in [5.41, 5.74) is 0.924. The normalized spacial score (nSPS) is 14.0. The van der Waals surface area contributed by atoms with Gasteiger partial charge in [-0.1, -0.05) is 24.8 Å². The SMILES string of the molecule is C=CC(=O)O.C=O.Cc1ccccc1O.ClCC1CO1. The molecule has 1 heterocycles. The first-order valence-corrected chi connectivity index (χ1v) is 6.11. The summed E-state index contributed by atoms with van der Waals surface area (Å²) in [5.74, 6) is 0.0532. The summed E-state index contributed by atoms with van der Waals surface area (Å²) in [5, 5.41) is 16.5. The third-order valence-corrected chi connectivity index (χ3v) is 2.21. The van der Waals surface area contributed by atoms with Gasteiger partial charge in [0.15, 0.2) is 0 Å². The van der Waals surface area contributed by atoms with Gasteiger partial charge in [-0.15, -0.1) is 11.6 Å². The van der Waals surface area contributed by atoms with Crippen LogP contribution in [0, 0.1) is 6.92 Å². The molecule has 1 unspecified atom stereocenters. The van der Waals surface area contributed by atoms with Crippen molar-refractivity contribution in [2.24, 2.45) is 0 Å². The van der Waals surface area contributed by atoms with Gasteiger partial charge in [-0.05, 0) is 18.6 Å². The topological polar surface area (TPSA) is 87.1 Å². The number of rotatable bonds is 2. The highest BCUT2D eigenvalue weighted by molar-refractivity contribution is 6.18. The number of benzene rings is 1. The molecule has 0 bridgehead atoms. The van der Waals surface area contributed by atoms with Crippen LogP contribution in [0.15, 0.2) is 36.9 Å². The van der Waals surface area contributed by atoms with Crippen molar-refractivity contribution in [3.8, 4) is 5.75 Å². The maximum Gasteiger partial charge on any atom is 0.327 e. The molecule has 1 fully saturated rings. The third-order valence-electron chi connectivity index (χ3n) is 1.86. The molecule has 2 N–H and O–H groups in total. The fraction of sp³-hybridized carbons (Fsp3) is 0.286. The van der Waals surface area contributed by atoms with Crippen LogP contribution in [0.5, 0.6) is 5.75 Å². The number of ether oxygens (including phenoxy) is 1. The number of hydrogen-bond donors (Lipinski definition) is 2. The lowest BCUT2D eigenvalue weighted by molar-refractivity contribution is -0.131. The summed E-state index contributed by atoms with van der Waals surface area (Å²) >= 11 is 5.27. The minimum atomic E-state index is -0.981. The highest BCUT2D eigenvalue weighted by Gasteiger charge is 2.19. The molecule has 1 aromatic carbocycles. The average molecular weight is 303 g/mol. The van der Waals surface area contributed by atoms with Crippen molar-refractivity contribution >= 4 is 24.4 Å². The molecule has 1 aromatic rings. The molecule has 112 valence electrons. The summed E-state index contributed by atoms with van der Waals surface area (Å²) < 4.78 is 4.73. The lowest BCUT2D eigenvalue weighted by Crippen LogP contribution is -1.82. The van der Waals surface area contributed by atoms with Crippen LogP contribution in [-0.2, 0) is 14.3 Å². The molecule has 5 nitrogen and oxygen atoms in total. The van der Waals surface area contributed by atoms with Crippen molar-refractivity contribution in [3.63, 3.8) is 0 Å². The van der Waals surface area contributed by atoms with E-state index in [1.807, 2.05) is 31.9 Å². The van der Waals surface area contributed by atoms with Gasteiger partial charge < -0.3 is 19.7 Å². The number of epoxide rings is 1. The van der Waals surface area contributed by atoms with Gasteiger partial charge in [-0.3, -0.25) is 0 Å². The van der Waals surface area contributed by atoms with Crippen molar-refractivity contribution < 1.29 is 24.5 Å². The van der Waals surface area contributed by atoms with E-state index in [0.29, 0.717) is 17.7 Å². The molecule has 1 aliphatic rings. The van der Waals surface area contributed by atoms with Crippen LogP contribution in [0.4, 0.5) is 0 Å². The predicted molar refractivity (Wildman–Crippen MR) is 78.3 cm³/mol. The molecule has 2 rings (SSSR count). The minimum Gasteiger partial charge on any atom is -0.508 e. The van der Waals surface area contributed by atoms with E-state index in [0.717, 1.165) is 18.2 Å². The van der Waals surface area contributed by atoms with E-state index < -0.39 is 5.97 Å². The number of carbonyl (C=O) groups excluding carboxylic acids is 1. The second-order valence-electron chi connectivity index (χ2n) is 3.44. The molecule has 0 aromatic heterocycles. The van der Waals surface area contributed by atoms with Gasteiger partial charge in [0.1, 0.15) is 12.5 Å². The van der Waals surface area contributed by atoms with E-state index in [-0.39, 0.29) is 0 Å². The van der Waals surface area contributed by atoms with Crippen LogP contribution in [0.25, 0.3) is 0 Å². The highest BCUT2D eigenvalue weighted by atomic mass is 35.5. The largest absolute Gasteiger partial charge is 0.508 e. The van der Waals surface area contributed by atoms with Crippen molar-refractivity contribution in [1.82, 2.24) is 0 Å². The molecule has 0 amide bonds. The van der Waals surface area contributed by atoms with Crippen molar-refractivity contribution in [2.75, 3.05) is 12.5 Å². The molecule has 0 radical (unpaired) electrons. The Bertz CT molecular complexity index is 370. The number of aliphatic carboxylic acids is 1. The van der Waals surface area contributed by atoms with Gasteiger partial charge in [0.25, 0.3) is 0 Å². The summed E-state index contributed by atoms with van der Waals surface area (Å²) in [6.45, 7) is 7.71. The van der Waals surface area contributed by atoms with Crippen LogP contribution in [0.2, 0.25) is 0 Å². The van der Waals surface area contributed by atoms with E-state index in [9.17, 15) is 4.79 Å².